The fraction of sp³-hybridized carbons (Fsp3) is 0.0370. The van der Waals surface area contributed by atoms with E-state index in [9.17, 15) is 0 Å². The first-order valence-corrected chi connectivity index (χ1v) is 9.26. The van der Waals surface area contributed by atoms with Crippen molar-refractivity contribution < 1.29 is 0 Å². The molecule has 4 aromatic carbocycles. The molecule has 0 aromatic heterocycles. The second-order valence-electron chi connectivity index (χ2n) is 6.81. The van der Waals surface area contributed by atoms with Crippen molar-refractivity contribution in [3.63, 3.8) is 0 Å². The predicted octanol–water partition coefficient (Wildman–Crippen LogP) is 6.25. The molecule has 0 heteroatoms. The van der Waals surface area contributed by atoms with Gasteiger partial charge in [0.1, 0.15) is 0 Å². The molecule has 1 aliphatic carbocycles. The Bertz CT molecular complexity index is 1130. The van der Waals surface area contributed by atoms with Crippen LogP contribution in [-0.2, 0) is 0 Å². The molecule has 0 saturated heterocycles. The van der Waals surface area contributed by atoms with Crippen molar-refractivity contribution in [2.75, 3.05) is 0 Å². The van der Waals surface area contributed by atoms with Gasteiger partial charge in [-0.15, -0.1) is 0 Å². The molecule has 0 nitrogen and oxygen atoms in total. The van der Waals surface area contributed by atoms with Crippen molar-refractivity contribution in [2.24, 2.45) is 0 Å². The Balaban J connectivity index is 1.68. The molecule has 0 saturated carbocycles. The van der Waals surface area contributed by atoms with Crippen LogP contribution in [0.25, 0.3) is 11.1 Å². The van der Waals surface area contributed by atoms with E-state index in [2.05, 4.69) is 96.8 Å². The zero-order valence-corrected chi connectivity index (χ0v) is 14.9. The maximum Gasteiger partial charge on any atom is 0.0364 e. The van der Waals surface area contributed by atoms with Crippen LogP contribution in [0.3, 0.4) is 0 Å². The third-order valence-electron chi connectivity index (χ3n) is 5.22. The minimum absolute atomic E-state index is 0.235. The zero-order chi connectivity index (χ0) is 18.1. The quantitative estimate of drug-likeness (QED) is 0.316. The van der Waals surface area contributed by atoms with Crippen LogP contribution in [-0.4, -0.2) is 0 Å². The smallest absolute Gasteiger partial charge is 0.0364 e. The lowest BCUT2D eigenvalue weighted by molar-refractivity contribution is 1.01. The molecule has 4 aromatic rings. The first-order valence-electron chi connectivity index (χ1n) is 9.26. The van der Waals surface area contributed by atoms with E-state index in [1.165, 1.54) is 27.8 Å². The lowest BCUT2D eigenvalue weighted by atomic mass is 9.86. The van der Waals surface area contributed by atoms with Crippen LogP contribution in [0.1, 0.15) is 33.7 Å². The highest BCUT2D eigenvalue weighted by Gasteiger charge is 2.30. The van der Waals surface area contributed by atoms with Crippen molar-refractivity contribution in [1.29, 1.82) is 0 Å². The SMILES string of the molecule is C(#Cc1ccccc1C1c2ccccc2-c2ccccc21)c1ccccc1. The average molecular weight is 342 g/mol. The summed E-state index contributed by atoms with van der Waals surface area (Å²) in [5.74, 6) is 6.98. The Kier molecular flexibility index (Phi) is 3.85. The number of hydrogen-bond acceptors (Lipinski definition) is 0. The van der Waals surface area contributed by atoms with Gasteiger partial charge in [0.25, 0.3) is 0 Å². The van der Waals surface area contributed by atoms with E-state index in [4.69, 9.17) is 0 Å². The maximum absolute atomic E-state index is 3.42. The fourth-order valence-electron chi connectivity index (χ4n) is 4.01. The predicted molar refractivity (Wildman–Crippen MR) is 112 cm³/mol. The van der Waals surface area contributed by atoms with Gasteiger partial charge in [-0.25, -0.2) is 0 Å². The molecule has 126 valence electrons. The van der Waals surface area contributed by atoms with Gasteiger partial charge in [0.2, 0.25) is 0 Å². The van der Waals surface area contributed by atoms with E-state index in [0.29, 0.717) is 0 Å². The van der Waals surface area contributed by atoms with Crippen LogP contribution in [0, 0.1) is 11.8 Å². The van der Waals surface area contributed by atoms with Gasteiger partial charge < -0.3 is 0 Å². The van der Waals surface area contributed by atoms with Crippen LogP contribution >= 0.6 is 0 Å². The normalized spacial score (nSPS) is 12.0. The molecule has 0 N–H and O–H groups in total. The van der Waals surface area contributed by atoms with Gasteiger partial charge in [-0.1, -0.05) is 96.8 Å². The monoisotopic (exact) mass is 342 g/mol. The molecule has 0 fully saturated rings. The molecule has 0 spiro atoms. The first-order chi connectivity index (χ1) is 13.4. The average Bonchev–Trinajstić information content (AvgIpc) is 3.08. The summed E-state index contributed by atoms with van der Waals surface area (Å²) in [6.45, 7) is 0. The number of rotatable bonds is 1. The summed E-state index contributed by atoms with van der Waals surface area (Å²) < 4.78 is 0. The van der Waals surface area contributed by atoms with Gasteiger partial charge in [0.05, 0.1) is 0 Å². The molecular weight excluding hydrogens is 324 g/mol. The van der Waals surface area contributed by atoms with E-state index >= 15 is 0 Å². The van der Waals surface area contributed by atoms with E-state index < -0.39 is 0 Å². The maximum atomic E-state index is 3.42. The molecular formula is C27H18. The second-order valence-corrected chi connectivity index (χ2v) is 6.81. The summed E-state index contributed by atoms with van der Waals surface area (Å²) in [5.41, 5.74) is 8.82. The molecule has 0 heterocycles. The Morgan fingerprint density at radius 1 is 0.444 bits per heavy atom. The van der Waals surface area contributed by atoms with Crippen molar-refractivity contribution in [3.8, 4) is 23.0 Å². The van der Waals surface area contributed by atoms with Crippen LogP contribution in [0.5, 0.6) is 0 Å². The highest BCUT2D eigenvalue weighted by molar-refractivity contribution is 5.81. The highest BCUT2D eigenvalue weighted by Crippen LogP contribution is 2.48. The summed E-state index contributed by atoms with van der Waals surface area (Å²) in [6, 6.07) is 36.2. The molecule has 0 unspecified atom stereocenters. The van der Waals surface area contributed by atoms with Crippen molar-refractivity contribution in [3.05, 3.63) is 131 Å². The Morgan fingerprint density at radius 3 is 1.63 bits per heavy atom. The molecule has 5 rings (SSSR count). The topological polar surface area (TPSA) is 0 Å². The number of hydrogen-bond donors (Lipinski definition) is 0. The standard InChI is InChI=1S/C27H18/c1-2-10-20(11-3-1)18-19-21-12-4-5-13-22(21)27-25-16-8-6-14-23(25)24-15-7-9-17-26(24)27/h1-17,27H. The number of benzene rings is 4. The highest BCUT2D eigenvalue weighted by atomic mass is 14.3. The van der Waals surface area contributed by atoms with Crippen LogP contribution < -0.4 is 0 Å². The Morgan fingerprint density at radius 2 is 0.963 bits per heavy atom. The second kappa shape index (κ2) is 6.63. The molecule has 0 aliphatic heterocycles. The van der Waals surface area contributed by atoms with Gasteiger partial charge >= 0.3 is 0 Å². The minimum Gasteiger partial charge on any atom is -0.0622 e. The van der Waals surface area contributed by atoms with Crippen molar-refractivity contribution in [1.82, 2.24) is 0 Å². The van der Waals surface area contributed by atoms with Crippen molar-refractivity contribution >= 4 is 0 Å². The van der Waals surface area contributed by atoms with Gasteiger partial charge in [-0.05, 0) is 46.0 Å². The summed E-state index contributed by atoms with van der Waals surface area (Å²) in [6.07, 6.45) is 0. The Labute approximate surface area is 160 Å². The third-order valence-corrected chi connectivity index (χ3v) is 5.22. The van der Waals surface area contributed by atoms with Crippen LogP contribution in [0.4, 0.5) is 0 Å². The van der Waals surface area contributed by atoms with Gasteiger partial charge in [0.15, 0.2) is 0 Å². The molecule has 0 radical (unpaired) electrons. The minimum atomic E-state index is 0.235. The summed E-state index contributed by atoms with van der Waals surface area (Å²) >= 11 is 0. The van der Waals surface area contributed by atoms with Crippen molar-refractivity contribution in [2.45, 2.75) is 5.92 Å². The molecule has 0 atom stereocenters. The van der Waals surface area contributed by atoms with Crippen LogP contribution in [0.2, 0.25) is 0 Å². The molecule has 0 amide bonds. The number of fused-ring (bicyclic) bond motifs is 3. The first kappa shape index (κ1) is 15.7. The summed E-state index contributed by atoms with van der Waals surface area (Å²) in [5, 5.41) is 0. The summed E-state index contributed by atoms with van der Waals surface area (Å²) in [4.78, 5) is 0. The lowest BCUT2D eigenvalue weighted by Gasteiger charge is -2.16. The molecule has 0 bridgehead atoms. The third kappa shape index (κ3) is 2.75. The van der Waals surface area contributed by atoms with Gasteiger partial charge in [0, 0.05) is 17.0 Å². The van der Waals surface area contributed by atoms with Gasteiger partial charge in [-0.2, -0.15) is 0 Å². The molecule has 27 heavy (non-hydrogen) atoms. The zero-order valence-electron chi connectivity index (χ0n) is 14.9. The largest absolute Gasteiger partial charge is 0.0622 e. The summed E-state index contributed by atoms with van der Waals surface area (Å²) in [7, 11) is 0. The lowest BCUT2D eigenvalue weighted by Crippen LogP contribution is -2.01. The van der Waals surface area contributed by atoms with E-state index in [1.54, 1.807) is 0 Å². The van der Waals surface area contributed by atoms with E-state index in [0.717, 1.165) is 11.1 Å². The fourth-order valence-corrected chi connectivity index (χ4v) is 4.01. The van der Waals surface area contributed by atoms with Crippen LogP contribution in [0.15, 0.2) is 103 Å². The molecule has 1 aliphatic rings. The Hall–Kier alpha value is -3.56. The van der Waals surface area contributed by atoms with E-state index in [-0.39, 0.29) is 5.92 Å². The van der Waals surface area contributed by atoms with Gasteiger partial charge in [-0.3, -0.25) is 0 Å². The van der Waals surface area contributed by atoms with E-state index in [1.807, 2.05) is 18.2 Å².